The van der Waals surface area contributed by atoms with Crippen molar-refractivity contribution in [3.05, 3.63) is 89.7 Å². The lowest BCUT2D eigenvalue weighted by atomic mass is 10.1. The van der Waals surface area contributed by atoms with E-state index in [-0.39, 0.29) is 5.84 Å². The van der Waals surface area contributed by atoms with E-state index < -0.39 is 0 Å². The lowest BCUT2D eigenvalue weighted by molar-refractivity contribution is 0.890. The standard InChI is InChI=1S/C23H16ClN9/c24-17-7-4-14(5-8-17)22-29-23(16-6-9-19-20(13-16)28-11-10-27-19)33(31-22)18-3-1-2-15(12-18)21(25)30-32-26/h1-13H,(H3,25,26,30). The number of aromatic nitrogens is 5. The summed E-state index contributed by atoms with van der Waals surface area (Å²) < 4.78 is 1.72. The zero-order valence-corrected chi connectivity index (χ0v) is 17.8. The molecule has 0 fully saturated rings. The number of hydrogen-bond acceptors (Lipinski definition) is 6. The van der Waals surface area contributed by atoms with Gasteiger partial charge < -0.3 is 5.84 Å². The van der Waals surface area contributed by atoms with Gasteiger partial charge in [0.1, 0.15) is 0 Å². The van der Waals surface area contributed by atoms with Crippen LogP contribution in [0.2, 0.25) is 5.02 Å². The van der Waals surface area contributed by atoms with Crippen molar-refractivity contribution in [2.24, 2.45) is 16.2 Å². The molecule has 0 atom stereocenters. The first-order valence-corrected chi connectivity index (χ1v) is 10.2. The first-order valence-electron chi connectivity index (χ1n) is 9.87. The maximum absolute atomic E-state index is 8.04. The van der Waals surface area contributed by atoms with Gasteiger partial charge >= 0.3 is 0 Å². The Morgan fingerprint density at radius 1 is 0.909 bits per heavy atom. The Hall–Kier alpha value is -4.50. The van der Waals surface area contributed by atoms with Gasteiger partial charge in [0.05, 0.1) is 16.7 Å². The quantitative estimate of drug-likeness (QED) is 0.132. The molecule has 3 N–H and O–H groups in total. The average molecular weight is 454 g/mol. The third kappa shape index (κ3) is 4.04. The number of rotatable bonds is 4. The van der Waals surface area contributed by atoms with Crippen LogP contribution in [0.5, 0.6) is 0 Å². The summed E-state index contributed by atoms with van der Waals surface area (Å²) >= 11 is 6.05. The van der Waals surface area contributed by atoms with Crippen molar-refractivity contribution in [2.75, 3.05) is 0 Å². The second kappa shape index (κ2) is 8.56. The molecule has 0 amide bonds. The largest absolute Gasteiger partial charge is 0.305 e. The van der Waals surface area contributed by atoms with Crippen LogP contribution in [-0.2, 0) is 0 Å². The SMILES string of the molecule is N=C(N=NN)c1cccc(-n2nc(-c3ccc(Cl)cc3)nc2-c2ccc3nccnc3c2)c1. The van der Waals surface area contributed by atoms with Crippen molar-refractivity contribution in [1.82, 2.24) is 24.7 Å². The molecule has 0 unspecified atom stereocenters. The van der Waals surface area contributed by atoms with Crippen LogP contribution in [-0.4, -0.2) is 30.6 Å². The highest BCUT2D eigenvalue weighted by molar-refractivity contribution is 6.30. The van der Waals surface area contributed by atoms with E-state index in [1.807, 2.05) is 42.5 Å². The monoisotopic (exact) mass is 453 g/mol. The smallest absolute Gasteiger partial charge is 0.182 e. The van der Waals surface area contributed by atoms with Crippen molar-refractivity contribution in [2.45, 2.75) is 0 Å². The van der Waals surface area contributed by atoms with Crippen molar-refractivity contribution < 1.29 is 0 Å². The molecule has 160 valence electrons. The average Bonchev–Trinajstić information content (AvgIpc) is 3.30. The number of benzene rings is 3. The van der Waals surface area contributed by atoms with Gasteiger partial charge in [0.2, 0.25) is 0 Å². The van der Waals surface area contributed by atoms with Crippen molar-refractivity contribution in [3.8, 4) is 28.5 Å². The minimum absolute atomic E-state index is 0.0556. The maximum atomic E-state index is 8.04. The summed E-state index contributed by atoms with van der Waals surface area (Å²) in [7, 11) is 0. The fourth-order valence-corrected chi connectivity index (χ4v) is 3.53. The van der Waals surface area contributed by atoms with E-state index in [4.69, 9.17) is 32.9 Å². The molecule has 5 rings (SSSR count). The Balaban J connectivity index is 1.69. The molecule has 10 heteroatoms. The molecule has 0 saturated carbocycles. The van der Waals surface area contributed by atoms with Gasteiger partial charge in [-0.15, -0.1) is 10.2 Å². The molecule has 2 aromatic heterocycles. The maximum Gasteiger partial charge on any atom is 0.182 e. The molecular formula is C23H16ClN9. The van der Waals surface area contributed by atoms with Crippen molar-refractivity contribution in [3.63, 3.8) is 0 Å². The van der Waals surface area contributed by atoms with Gasteiger partial charge in [0.15, 0.2) is 17.5 Å². The topological polar surface area (TPSA) is 131 Å². The van der Waals surface area contributed by atoms with E-state index in [0.29, 0.717) is 27.9 Å². The molecule has 2 heterocycles. The summed E-state index contributed by atoms with van der Waals surface area (Å²) in [6.45, 7) is 0. The number of fused-ring (bicyclic) bond motifs is 1. The number of halogens is 1. The molecule has 0 saturated heterocycles. The molecule has 0 radical (unpaired) electrons. The summed E-state index contributed by atoms with van der Waals surface area (Å²) in [4.78, 5) is 13.6. The van der Waals surface area contributed by atoms with Gasteiger partial charge in [-0.1, -0.05) is 29.0 Å². The highest BCUT2D eigenvalue weighted by Gasteiger charge is 2.17. The number of nitrogens with zero attached hydrogens (tertiary/aromatic N) is 7. The Bertz CT molecular complexity index is 1510. The molecule has 0 aliphatic heterocycles. The van der Waals surface area contributed by atoms with E-state index >= 15 is 0 Å². The highest BCUT2D eigenvalue weighted by atomic mass is 35.5. The predicted molar refractivity (Wildman–Crippen MR) is 126 cm³/mol. The van der Waals surface area contributed by atoms with Crippen LogP contribution in [0.1, 0.15) is 5.56 Å². The Morgan fingerprint density at radius 2 is 1.67 bits per heavy atom. The van der Waals surface area contributed by atoms with Crippen molar-refractivity contribution >= 4 is 28.5 Å². The van der Waals surface area contributed by atoms with Gasteiger partial charge in [0.25, 0.3) is 0 Å². The van der Waals surface area contributed by atoms with E-state index in [0.717, 1.165) is 22.2 Å². The minimum Gasteiger partial charge on any atom is -0.305 e. The first kappa shape index (κ1) is 20.4. The highest BCUT2D eigenvalue weighted by Crippen LogP contribution is 2.28. The summed E-state index contributed by atoms with van der Waals surface area (Å²) in [5.74, 6) is 6.19. The fourth-order valence-electron chi connectivity index (χ4n) is 3.40. The normalized spacial score (nSPS) is 11.3. The van der Waals surface area contributed by atoms with Gasteiger partial charge in [-0.2, -0.15) is 0 Å². The molecule has 0 aliphatic carbocycles. The summed E-state index contributed by atoms with van der Waals surface area (Å²) in [5, 5.41) is 20.3. The fraction of sp³-hybridized carbons (Fsp3) is 0. The van der Waals surface area contributed by atoms with Crippen LogP contribution < -0.4 is 5.84 Å². The summed E-state index contributed by atoms with van der Waals surface area (Å²) in [6.07, 6.45) is 3.30. The third-order valence-corrected chi connectivity index (χ3v) is 5.21. The second-order valence-corrected chi connectivity index (χ2v) is 7.49. The van der Waals surface area contributed by atoms with E-state index in [2.05, 4.69) is 20.3 Å². The van der Waals surface area contributed by atoms with Gasteiger partial charge in [-0.05, 0) is 54.6 Å². The molecular weight excluding hydrogens is 438 g/mol. The minimum atomic E-state index is -0.0556. The third-order valence-electron chi connectivity index (χ3n) is 4.96. The van der Waals surface area contributed by atoms with Crippen LogP contribution in [0, 0.1) is 5.41 Å². The van der Waals surface area contributed by atoms with Crippen molar-refractivity contribution in [1.29, 1.82) is 5.41 Å². The van der Waals surface area contributed by atoms with Crippen LogP contribution in [0.3, 0.4) is 0 Å². The summed E-state index contributed by atoms with van der Waals surface area (Å²) in [5.41, 5.74) is 4.41. The molecule has 3 aromatic carbocycles. The Labute approximate surface area is 193 Å². The zero-order chi connectivity index (χ0) is 22.8. The number of nitrogens with one attached hydrogen (secondary N) is 1. The molecule has 0 aliphatic rings. The molecule has 5 aromatic rings. The number of amidine groups is 1. The first-order chi connectivity index (χ1) is 16.1. The van der Waals surface area contributed by atoms with E-state index in [1.54, 1.807) is 41.3 Å². The number of hydrogen-bond donors (Lipinski definition) is 2. The Morgan fingerprint density at radius 3 is 2.45 bits per heavy atom. The van der Waals surface area contributed by atoms with Crippen LogP contribution >= 0.6 is 11.6 Å². The lowest BCUT2D eigenvalue weighted by Crippen LogP contribution is -2.03. The van der Waals surface area contributed by atoms with Crippen LogP contribution in [0.25, 0.3) is 39.5 Å². The van der Waals surface area contributed by atoms with Crippen LogP contribution in [0.4, 0.5) is 0 Å². The molecule has 9 nitrogen and oxygen atoms in total. The Kier molecular flexibility index (Phi) is 5.29. The van der Waals surface area contributed by atoms with E-state index in [1.165, 1.54) is 0 Å². The zero-order valence-electron chi connectivity index (χ0n) is 17.1. The molecule has 0 bridgehead atoms. The summed E-state index contributed by atoms with van der Waals surface area (Å²) in [6, 6.07) is 20.3. The second-order valence-electron chi connectivity index (χ2n) is 7.05. The van der Waals surface area contributed by atoms with Gasteiger partial charge in [-0.25, -0.2) is 9.67 Å². The lowest BCUT2D eigenvalue weighted by Gasteiger charge is -2.08. The van der Waals surface area contributed by atoms with Crippen LogP contribution in [0.15, 0.2) is 89.5 Å². The van der Waals surface area contributed by atoms with Gasteiger partial charge in [0, 0.05) is 34.1 Å². The van der Waals surface area contributed by atoms with Gasteiger partial charge in [-0.3, -0.25) is 15.4 Å². The number of nitrogens with two attached hydrogens (primary N) is 1. The molecule has 33 heavy (non-hydrogen) atoms. The molecule has 0 spiro atoms. The van der Waals surface area contributed by atoms with E-state index in [9.17, 15) is 0 Å². The predicted octanol–water partition coefficient (Wildman–Crippen LogP) is 4.85.